The molecule has 2 aromatic rings. The molecule has 1 N–H and O–H groups in total. The summed E-state index contributed by atoms with van der Waals surface area (Å²) in [6.45, 7) is 2.72. The summed E-state index contributed by atoms with van der Waals surface area (Å²) in [5.74, 6) is -0.233. The molecule has 84 valence electrons. The first-order chi connectivity index (χ1) is 7.68. The van der Waals surface area contributed by atoms with Gasteiger partial charge in [0.25, 0.3) is 0 Å². The van der Waals surface area contributed by atoms with E-state index in [0.29, 0.717) is 12.2 Å². The summed E-state index contributed by atoms with van der Waals surface area (Å²) >= 11 is 5.01. The molecule has 1 nitrogen and oxygen atoms in total. The van der Waals surface area contributed by atoms with E-state index in [1.165, 1.54) is 16.5 Å². The minimum atomic E-state index is -0.233. The van der Waals surface area contributed by atoms with E-state index in [2.05, 4.69) is 34.2 Å². The van der Waals surface area contributed by atoms with E-state index >= 15 is 0 Å². The van der Waals surface area contributed by atoms with Gasteiger partial charge < -0.3 is 5.32 Å². The van der Waals surface area contributed by atoms with Crippen LogP contribution in [0.25, 0.3) is 0 Å². The van der Waals surface area contributed by atoms with Crippen molar-refractivity contribution in [2.45, 2.75) is 13.5 Å². The van der Waals surface area contributed by atoms with Crippen LogP contribution in [-0.2, 0) is 6.54 Å². The van der Waals surface area contributed by atoms with Crippen LogP contribution >= 0.6 is 27.3 Å². The molecule has 2 rings (SSSR count). The normalized spacial score (nSPS) is 10.4. The Labute approximate surface area is 106 Å². The summed E-state index contributed by atoms with van der Waals surface area (Å²) in [5.41, 5.74) is 1.76. The topological polar surface area (TPSA) is 12.0 Å². The molecule has 16 heavy (non-hydrogen) atoms. The van der Waals surface area contributed by atoms with Crippen molar-refractivity contribution in [1.29, 1.82) is 0 Å². The van der Waals surface area contributed by atoms with E-state index < -0.39 is 0 Å². The molecule has 1 aromatic heterocycles. The predicted octanol–water partition coefficient (Wildman–Crippen LogP) is 4.57. The van der Waals surface area contributed by atoms with Gasteiger partial charge in [0, 0.05) is 15.9 Å². The number of para-hydroxylation sites is 1. The first-order valence-corrected chi connectivity index (χ1v) is 6.56. The van der Waals surface area contributed by atoms with Crippen LogP contribution in [0.1, 0.15) is 10.4 Å². The molecule has 0 bridgehead atoms. The van der Waals surface area contributed by atoms with Gasteiger partial charge >= 0.3 is 0 Å². The number of hydrogen-bond acceptors (Lipinski definition) is 2. The Kier molecular flexibility index (Phi) is 3.61. The lowest BCUT2D eigenvalue weighted by Gasteiger charge is -2.09. The van der Waals surface area contributed by atoms with Crippen LogP contribution in [0.5, 0.6) is 0 Å². The Morgan fingerprint density at radius 1 is 1.38 bits per heavy atom. The SMILES string of the molecule is Cc1ccsc1CNc1c(F)cccc1Br. The molecular weight excluding hydrogens is 289 g/mol. The van der Waals surface area contributed by atoms with Crippen molar-refractivity contribution in [3.63, 3.8) is 0 Å². The van der Waals surface area contributed by atoms with E-state index in [0.717, 1.165) is 4.47 Å². The van der Waals surface area contributed by atoms with Crippen LogP contribution in [0.3, 0.4) is 0 Å². The molecule has 1 heterocycles. The first kappa shape index (κ1) is 11.6. The van der Waals surface area contributed by atoms with Gasteiger partial charge in [-0.15, -0.1) is 11.3 Å². The molecule has 0 aliphatic carbocycles. The predicted molar refractivity (Wildman–Crippen MR) is 70.5 cm³/mol. The van der Waals surface area contributed by atoms with E-state index in [1.54, 1.807) is 17.4 Å². The van der Waals surface area contributed by atoms with E-state index in [1.807, 2.05) is 11.4 Å². The number of hydrogen-bond donors (Lipinski definition) is 1. The molecule has 0 radical (unpaired) electrons. The van der Waals surface area contributed by atoms with Crippen LogP contribution in [0.15, 0.2) is 34.1 Å². The van der Waals surface area contributed by atoms with Gasteiger partial charge in [-0.3, -0.25) is 0 Å². The second-order valence-electron chi connectivity index (χ2n) is 3.48. The zero-order valence-corrected chi connectivity index (χ0v) is 11.2. The number of nitrogens with one attached hydrogen (secondary N) is 1. The molecule has 4 heteroatoms. The van der Waals surface area contributed by atoms with Gasteiger partial charge in [-0.2, -0.15) is 0 Å². The molecular formula is C12H11BrFNS. The highest BCUT2D eigenvalue weighted by Gasteiger charge is 2.06. The Hall–Kier alpha value is -0.870. The van der Waals surface area contributed by atoms with Gasteiger partial charge in [-0.25, -0.2) is 4.39 Å². The Morgan fingerprint density at radius 2 is 2.19 bits per heavy atom. The first-order valence-electron chi connectivity index (χ1n) is 4.89. The highest BCUT2D eigenvalue weighted by Crippen LogP contribution is 2.26. The van der Waals surface area contributed by atoms with Crippen LogP contribution in [-0.4, -0.2) is 0 Å². The minimum Gasteiger partial charge on any atom is -0.377 e. The molecule has 0 spiro atoms. The summed E-state index contributed by atoms with van der Waals surface area (Å²) in [4.78, 5) is 1.23. The van der Waals surface area contributed by atoms with E-state index in [9.17, 15) is 4.39 Å². The van der Waals surface area contributed by atoms with Gasteiger partial charge in [0.15, 0.2) is 0 Å². The van der Waals surface area contributed by atoms with Crippen LogP contribution in [0.4, 0.5) is 10.1 Å². The van der Waals surface area contributed by atoms with Crippen LogP contribution in [0.2, 0.25) is 0 Å². The molecule has 0 aliphatic rings. The van der Waals surface area contributed by atoms with Gasteiger partial charge in [-0.05, 0) is 52.0 Å². The lowest BCUT2D eigenvalue weighted by Crippen LogP contribution is -2.01. The smallest absolute Gasteiger partial charge is 0.147 e. The van der Waals surface area contributed by atoms with Crippen molar-refractivity contribution in [3.8, 4) is 0 Å². The quantitative estimate of drug-likeness (QED) is 0.875. The van der Waals surface area contributed by atoms with Crippen molar-refractivity contribution in [3.05, 3.63) is 50.4 Å². The van der Waals surface area contributed by atoms with Crippen LogP contribution in [0, 0.1) is 12.7 Å². The van der Waals surface area contributed by atoms with Gasteiger partial charge in [0.2, 0.25) is 0 Å². The van der Waals surface area contributed by atoms with Crippen molar-refractivity contribution in [1.82, 2.24) is 0 Å². The maximum atomic E-state index is 13.5. The summed E-state index contributed by atoms with van der Waals surface area (Å²) in [7, 11) is 0. The fourth-order valence-corrected chi connectivity index (χ4v) is 2.75. The minimum absolute atomic E-state index is 0.233. The Morgan fingerprint density at radius 3 is 2.81 bits per heavy atom. The third kappa shape index (κ3) is 2.44. The zero-order valence-electron chi connectivity index (χ0n) is 8.76. The second-order valence-corrected chi connectivity index (χ2v) is 5.33. The van der Waals surface area contributed by atoms with Crippen molar-refractivity contribution < 1.29 is 4.39 Å². The van der Waals surface area contributed by atoms with Gasteiger partial charge in [0.05, 0.1) is 5.69 Å². The molecule has 0 fully saturated rings. The standard InChI is InChI=1S/C12H11BrFNS/c1-8-5-6-16-11(8)7-15-12-9(13)3-2-4-10(12)14/h2-6,15H,7H2,1H3. The molecule has 0 saturated heterocycles. The average Bonchev–Trinajstić information content (AvgIpc) is 2.64. The summed E-state index contributed by atoms with van der Waals surface area (Å²) in [6.07, 6.45) is 0. The molecule has 0 atom stereocenters. The lowest BCUT2D eigenvalue weighted by atomic mass is 10.2. The fraction of sp³-hybridized carbons (Fsp3) is 0.167. The molecule has 0 amide bonds. The third-order valence-electron chi connectivity index (χ3n) is 2.36. The second kappa shape index (κ2) is 4.97. The largest absolute Gasteiger partial charge is 0.377 e. The number of anilines is 1. The molecule has 0 unspecified atom stereocenters. The number of halogens is 2. The summed E-state index contributed by atoms with van der Waals surface area (Å²) in [5, 5.41) is 5.16. The maximum absolute atomic E-state index is 13.5. The van der Waals surface area contributed by atoms with E-state index in [-0.39, 0.29) is 5.82 Å². The Balaban J connectivity index is 2.14. The van der Waals surface area contributed by atoms with Crippen molar-refractivity contribution >= 4 is 33.0 Å². The summed E-state index contributed by atoms with van der Waals surface area (Å²) < 4.78 is 14.2. The van der Waals surface area contributed by atoms with Gasteiger partial charge in [-0.1, -0.05) is 6.07 Å². The number of rotatable bonds is 3. The maximum Gasteiger partial charge on any atom is 0.147 e. The summed E-state index contributed by atoms with van der Waals surface area (Å²) in [6, 6.07) is 7.03. The molecule has 0 saturated carbocycles. The Bertz CT molecular complexity index is 475. The lowest BCUT2D eigenvalue weighted by molar-refractivity contribution is 0.629. The average molecular weight is 300 g/mol. The third-order valence-corrected chi connectivity index (χ3v) is 4.04. The highest BCUT2D eigenvalue weighted by molar-refractivity contribution is 9.10. The molecule has 0 aliphatic heterocycles. The zero-order chi connectivity index (χ0) is 11.5. The highest BCUT2D eigenvalue weighted by atomic mass is 79.9. The number of benzene rings is 1. The monoisotopic (exact) mass is 299 g/mol. The number of aryl methyl sites for hydroxylation is 1. The number of thiophene rings is 1. The van der Waals surface area contributed by atoms with E-state index in [4.69, 9.17) is 0 Å². The van der Waals surface area contributed by atoms with Gasteiger partial charge in [0.1, 0.15) is 5.82 Å². The van der Waals surface area contributed by atoms with Crippen LogP contribution < -0.4 is 5.32 Å². The van der Waals surface area contributed by atoms with Crippen molar-refractivity contribution in [2.75, 3.05) is 5.32 Å². The molecule has 1 aromatic carbocycles. The van der Waals surface area contributed by atoms with Crippen molar-refractivity contribution in [2.24, 2.45) is 0 Å². The fourth-order valence-electron chi connectivity index (χ4n) is 1.42.